The number of rotatable bonds is 7. The highest BCUT2D eigenvalue weighted by Gasteiger charge is 2.27. The standard InChI is InChI=1S/C21H31ClN2/c1-7-10-11-21(6,9-3)18-14-23-17-13-15(20(4,5)8-2)12-16(22)19(17)24-18/h12-14H,7-11H2,1-6H3. The van der Waals surface area contributed by atoms with Gasteiger partial charge in [-0.15, -0.1) is 0 Å². The van der Waals surface area contributed by atoms with Gasteiger partial charge in [0.05, 0.1) is 16.2 Å². The number of halogens is 1. The zero-order valence-electron chi connectivity index (χ0n) is 16.0. The van der Waals surface area contributed by atoms with Gasteiger partial charge in [-0.2, -0.15) is 0 Å². The fourth-order valence-electron chi connectivity index (χ4n) is 3.01. The molecule has 2 nitrogen and oxygen atoms in total. The lowest BCUT2D eigenvalue weighted by atomic mass is 9.79. The first-order valence-electron chi connectivity index (χ1n) is 9.24. The normalized spacial score (nSPS) is 14.8. The maximum absolute atomic E-state index is 6.59. The fourth-order valence-corrected chi connectivity index (χ4v) is 3.27. The molecule has 0 saturated carbocycles. The quantitative estimate of drug-likeness (QED) is 0.549. The highest BCUT2D eigenvalue weighted by molar-refractivity contribution is 6.35. The molecule has 2 rings (SSSR count). The van der Waals surface area contributed by atoms with Crippen molar-refractivity contribution in [3.8, 4) is 0 Å². The summed E-state index contributed by atoms with van der Waals surface area (Å²) in [6, 6.07) is 4.22. The second kappa shape index (κ2) is 7.39. The van der Waals surface area contributed by atoms with Crippen molar-refractivity contribution >= 4 is 22.6 Å². The Kier molecular flexibility index (Phi) is 5.91. The molecular weight excluding hydrogens is 316 g/mol. The minimum absolute atomic E-state index is 0.0713. The number of hydrogen-bond donors (Lipinski definition) is 0. The summed E-state index contributed by atoms with van der Waals surface area (Å²) in [5, 5.41) is 0.715. The van der Waals surface area contributed by atoms with E-state index in [-0.39, 0.29) is 10.8 Å². The summed E-state index contributed by atoms with van der Waals surface area (Å²) < 4.78 is 0. The van der Waals surface area contributed by atoms with Gasteiger partial charge in [0.2, 0.25) is 0 Å². The summed E-state index contributed by atoms with van der Waals surface area (Å²) in [4.78, 5) is 9.65. The number of unbranched alkanes of at least 4 members (excludes halogenated alkanes) is 1. The van der Waals surface area contributed by atoms with Crippen LogP contribution in [-0.4, -0.2) is 9.97 Å². The van der Waals surface area contributed by atoms with E-state index in [1.807, 2.05) is 6.20 Å². The van der Waals surface area contributed by atoms with Crippen LogP contribution in [0, 0.1) is 0 Å². The van der Waals surface area contributed by atoms with E-state index in [9.17, 15) is 0 Å². The predicted molar refractivity (Wildman–Crippen MR) is 105 cm³/mol. The highest BCUT2D eigenvalue weighted by atomic mass is 35.5. The molecule has 1 heterocycles. The van der Waals surface area contributed by atoms with E-state index < -0.39 is 0 Å². The minimum atomic E-state index is 0.0713. The molecule has 0 fully saturated rings. The molecule has 0 saturated heterocycles. The van der Waals surface area contributed by atoms with Gasteiger partial charge in [0.1, 0.15) is 5.52 Å². The molecule has 3 heteroatoms. The van der Waals surface area contributed by atoms with E-state index in [2.05, 4.69) is 53.7 Å². The summed E-state index contributed by atoms with van der Waals surface area (Å²) in [5.41, 5.74) is 4.20. The van der Waals surface area contributed by atoms with Crippen LogP contribution in [0.4, 0.5) is 0 Å². The molecule has 0 N–H and O–H groups in total. The number of benzene rings is 1. The Labute approximate surface area is 152 Å². The molecule has 0 radical (unpaired) electrons. The number of hydrogen-bond acceptors (Lipinski definition) is 2. The number of fused-ring (bicyclic) bond motifs is 1. The van der Waals surface area contributed by atoms with Crippen LogP contribution in [-0.2, 0) is 10.8 Å². The number of aromatic nitrogens is 2. The third-order valence-corrected chi connectivity index (χ3v) is 6.04. The average Bonchev–Trinajstić information content (AvgIpc) is 2.59. The summed E-state index contributed by atoms with van der Waals surface area (Å²) in [6.07, 6.45) is 7.63. The van der Waals surface area contributed by atoms with Gasteiger partial charge in [-0.25, -0.2) is 4.98 Å². The largest absolute Gasteiger partial charge is 0.253 e. The molecule has 2 aromatic rings. The summed E-state index contributed by atoms with van der Waals surface area (Å²) in [7, 11) is 0. The molecule has 132 valence electrons. The maximum atomic E-state index is 6.59. The lowest BCUT2D eigenvalue weighted by Crippen LogP contribution is -2.23. The summed E-state index contributed by atoms with van der Waals surface area (Å²) in [6.45, 7) is 13.4. The smallest absolute Gasteiger partial charge is 0.108 e. The Morgan fingerprint density at radius 1 is 1.04 bits per heavy atom. The van der Waals surface area contributed by atoms with E-state index in [4.69, 9.17) is 21.6 Å². The van der Waals surface area contributed by atoms with Gasteiger partial charge in [-0.3, -0.25) is 4.98 Å². The molecule has 1 atom stereocenters. The Balaban J connectivity index is 2.52. The molecule has 1 aromatic carbocycles. The van der Waals surface area contributed by atoms with E-state index in [0.717, 1.165) is 36.0 Å². The zero-order chi connectivity index (χ0) is 18.0. The Morgan fingerprint density at radius 2 is 1.75 bits per heavy atom. The molecule has 1 aromatic heterocycles. The second-order valence-electron chi connectivity index (χ2n) is 7.84. The zero-order valence-corrected chi connectivity index (χ0v) is 16.8. The van der Waals surface area contributed by atoms with Crippen LogP contribution in [0.3, 0.4) is 0 Å². The molecule has 0 bridgehead atoms. The van der Waals surface area contributed by atoms with Crippen LogP contribution in [0.5, 0.6) is 0 Å². The number of nitrogens with zero attached hydrogens (tertiary/aromatic N) is 2. The molecule has 24 heavy (non-hydrogen) atoms. The first-order chi connectivity index (χ1) is 11.3. The minimum Gasteiger partial charge on any atom is -0.253 e. The van der Waals surface area contributed by atoms with Gasteiger partial charge < -0.3 is 0 Å². The van der Waals surface area contributed by atoms with Crippen molar-refractivity contribution in [2.75, 3.05) is 0 Å². The molecule has 0 amide bonds. The van der Waals surface area contributed by atoms with Crippen molar-refractivity contribution in [2.24, 2.45) is 0 Å². The lowest BCUT2D eigenvalue weighted by molar-refractivity contribution is 0.392. The SMILES string of the molecule is CCCCC(C)(CC)c1cnc2cc(C(C)(C)CC)cc(Cl)c2n1. The van der Waals surface area contributed by atoms with Crippen molar-refractivity contribution in [1.82, 2.24) is 9.97 Å². The van der Waals surface area contributed by atoms with Gasteiger partial charge in [0, 0.05) is 11.6 Å². The Bertz CT molecular complexity index is 708. The molecule has 0 aliphatic carbocycles. The second-order valence-corrected chi connectivity index (χ2v) is 8.24. The van der Waals surface area contributed by atoms with Crippen LogP contribution in [0.1, 0.15) is 84.9 Å². The van der Waals surface area contributed by atoms with Crippen LogP contribution in [0.25, 0.3) is 11.0 Å². The van der Waals surface area contributed by atoms with Gasteiger partial charge >= 0.3 is 0 Å². The maximum Gasteiger partial charge on any atom is 0.108 e. The van der Waals surface area contributed by atoms with E-state index in [1.165, 1.54) is 18.4 Å². The molecule has 1 unspecified atom stereocenters. The predicted octanol–water partition coefficient (Wildman–Crippen LogP) is 6.83. The van der Waals surface area contributed by atoms with Crippen molar-refractivity contribution < 1.29 is 0 Å². The third kappa shape index (κ3) is 3.74. The van der Waals surface area contributed by atoms with Gasteiger partial charge in [0.25, 0.3) is 0 Å². The fraction of sp³-hybridized carbons (Fsp3) is 0.619. The van der Waals surface area contributed by atoms with Crippen LogP contribution >= 0.6 is 11.6 Å². The average molecular weight is 347 g/mol. The first-order valence-corrected chi connectivity index (χ1v) is 9.62. The molecule has 0 aliphatic rings. The van der Waals surface area contributed by atoms with E-state index >= 15 is 0 Å². The van der Waals surface area contributed by atoms with Crippen molar-refractivity contribution in [3.63, 3.8) is 0 Å². The van der Waals surface area contributed by atoms with Gasteiger partial charge in [0.15, 0.2) is 0 Å². The third-order valence-electron chi connectivity index (χ3n) is 5.75. The topological polar surface area (TPSA) is 25.8 Å². The van der Waals surface area contributed by atoms with E-state index in [1.54, 1.807) is 0 Å². The summed E-state index contributed by atoms with van der Waals surface area (Å²) in [5.74, 6) is 0. The molecular formula is C21H31ClN2. The van der Waals surface area contributed by atoms with Gasteiger partial charge in [-0.1, -0.05) is 66.0 Å². The van der Waals surface area contributed by atoms with Crippen molar-refractivity contribution in [3.05, 3.63) is 34.6 Å². The Morgan fingerprint density at radius 3 is 2.33 bits per heavy atom. The van der Waals surface area contributed by atoms with Gasteiger partial charge in [-0.05, 0) is 42.4 Å². The molecule has 0 aliphatic heterocycles. The first kappa shape index (κ1) is 19.2. The van der Waals surface area contributed by atoms with Crippen LogP contribution in [0.15, 0.2) is 18.3 Å². The van der Waals surface area contributed by atoms with Crippen molar-refractivity contribution in [2.45, 2.75) is 84.5 Å². The van der Waals surface area contributed by atoms with Crippen molar-refractivity contribution in [1.29, 1.82) is 0 Å². The monoisotopic (exact) mass is 346 g/mol. The highest BCUT2D eigenvalue weighted by Crippen LogP contribution is 2.35. The molecule has 0 spiro atoms. The van der Waals surface area contributed by atoms with Crippen LogP contribution < -0.4 is 0 Å². The Hall–Kier alpha value is -1.15. The summed E-state index contributed by atoms with van der Waals surface area (Å²) >= 11 is 6.59. The van der Waals surface area contributed by atoms with Crippen LogP contribution in [0.2, 0.25) is 5.02 Å². The van der Waals surface area contributed by atoms with E-state index in [0.29, 0.717) is 5.02 Å². The lowest BCUT2D eigenvalue weighted by Gasteiger charge is -2.28.